The molecular weight excluding hydrogens is 283 g/mol. The van der Waals surface area contributed by atoms with E-state index in [0.717, 1.165) is 11.1 Å². The molecule has 0 aromatic carbocycles. The monoisotopic (exact) mass is 305 g/mol. The number of halogens is 3. The van der Waals surface area contributed by atoms with Crippen molar-refractivity contribution in [3.63, 3.8) is 0 Å². The van der Waals surface area contributed by atoms with Gasteiger partial charge in [-0.2, -0.15) is 13.2 Å². The van der Waals surface area contributed by atoms with Crippen LogP contribution < -0.4 is 10.2 Å². The number of ether oxygens (including phenoxy) is 1. The molecule has 0 aliphatic carbocycles. The first-order valence-corrected chi connectivity index (χ1v) is 6.84. The van der Waals surface area contributed by atoms with Crippen molar-refractivity contribution in [1.82, 2.24) is 10.3 Å². The zero-order valence-corrected chi connectivity index (χ0v) is 12.6. The Morgan fingerprint density at radius 2 is 2.10 bits per heavy atom. The number of methoxy groups -OCH3 is 1. The highest BCUT2D eigenvalue weighted by Crippen LogP contribution is 2.23. The SMILES string of the molecule is CCN(CC(F)(F)F)c1ncc(CNCCOC)cc1C. The van der Waals surface area contributed by atoms with E-state index in [4.69, 9.17) is 4.74 Å². The molecule has 0 saturated heterocycles. The molecule has 0 fully saturated rings. The van der Waals surface area contributed by atoms with Gasteiger partial charge in [0.2, 0.25) is 0 Å². The summed E-state index contributed by atoms with van der Waals surface area (Å²) in [6, 6.07) is 1.86. The molecule has 0 spiro atoms. The Balaban J connectivity index is 2.72. The van der Waals surface area contributed by atoms with Gasteiger partial charge in [-0.05, 0) is 31.0 Å². The molecule has 21 heavy (non-hydrogen) atoms. The van der Waals surface area contributed by atoms with E-state index in [1.807, 2.05) is 6.07 Å². The molecule has 4 nitrogen and oxygen atoms in total. The minimum absolute atomic E-state index is 0.263. The number of anilines is 1. The van der Waals surface area contributed by atoms with Crippen molar-refractivity contribution >= 4 is 5.82 Å². The second kappa shape index (κ2) is 8.19. The Morgan fingerprint density at radius 3 is 2.62 bits per heavy atom. The lowest BCUT2D eigenvalue weighted by atomic mass is 10.2. The van der Waals surface area contributed by atoms with Gasteiger partial charge in [-0.3, -0.25) is 0 Å². The normalized spacial score (nSPS) is 11.7. The van der Waals surface area contributed by atoms with Gasteiger partial charge < -0.3 is 15.0 Å². The third-order valence-corrected chi connectivity index (χ3v) is 2.97. The molecule has 0 amide bonds. The third kappa shape index (κ3) is 6.31. The van der Waals surface area contributed by atoms with Crippen molar-refractivity contribution in [1.29, 1.82) is 0 Å². The lowest BCUT2D eigenvalue weighted by Crippen LogP contribution is -2.35. The molecule has 1 N–H and O–H groups in total. The summed E-state index contributed by atoms with van der Waals surface area (Å²) in [5.74, 6) is 0.385. The van der Waals surface area contributed by atoms with E-state index < -0.39 is 12.7 Å². The molecule has 0 bridgehead atoms. The molecule has 0 unspecified atom stereocenters. The molecule has 120 valence electrons. The Bertz CT molecular complexity index is 438. The number of pyridine rings is 1. The van der Waals surface area contributed by atoms with Crippen LogP contribution in [0.1, 0.15) is 18.1 Å². The topological polar surface area (TPSA) is 37.4 Å². The van der Waals surface area contributed by atoms with E-state index >= 15 is 0 Å². The Kier molecular flexibility index (Phi) is 6.91. The zero-order chi connectivity index (χ0) is 15.9. The van der Waals surface area contributed by atoms with Gasteiger partial charge in [0.15, 0.2) is 0 Å². The largest absolute Gasteiger partial charge is 0.405 e. The average Bonchev–Trinajstić information content (AvgIpc) is 2.40. The first kappa shape index (κ1) is 17.7. The van der Waals surface area contributed by atoms with Gasteiger partial charge >= 0.3 is 6.18 Å². The molecule has 1 heterocycles. The molecule has 7 heteroatoms. The van der Waals surface area contributed by atoms with E-state index in [2.05, 4.69) is 10.3 Å². The molecular formula is C14H22F3N3O. The fraction of sp³-hybridized carbons (Fsp3) is 0.643. The lowest BCUT2D eigenvalue weighted by Gasteiger charge is -2.25. The average molecular weight is 305 g/mol. The van der Waals surface area contributed by atoms with Crippen molar-refractivity contribution in [2.75, 3.05) is 38.3 Å². The van der Waals surface area contributed by atoms with Crippen LogP contribution in [0, 0.1) is 6.92 Å². The number of aryl methyl sites for hydroxylation is 1. The smallest absolute Gasteiger partial charge is 0.383 e. The van der Waals surface area contributed by atoms with Crippen LogP contribution in [0.4, 0.5) is 19.0 Å². The van der Waals surface area contributed by atoms with Gasteiger partial charge in [0, 0.05) is 32.9 Å². The number of aromatic nitrogens is 1. The van der Waals surface area contributed by atoms with Gasteiger partial charge in [-0.25, -0.2) is 4.98 Å². The summed E-state index contributed by atoms with van der Waals surface area (Å²) in [4.78, 5) is 5.42. The van der Waals surface area contributed by atoms with Crippen molar-refractivity contribution in [3.05, 3.63) is 23.4 Å². The molecule has 1 aromatic heterocycles. The number of nitrogens with one attached hydrogen (secondary N) is 1. The molecule has 0 aliphatic rings. The van der Waals surface area contributed by atoms with Crippen molar-refractivity contribution in [3.8, 4) is 0 Å². The fourth-order valence-electron chi connectivity index (χ4n) is 2.01. The maximum Gasteiger partial charge on any atom is 0.405 e. The molecule has 1 aromatic rings. The van der Waals surface area contributed by atoms with Gasteiger partial charge in [0.1, 0.15) is 12.4 Å². The highest BCUT2D eigenvalue weighted by Gasteiger charge is 2.31. The summed E-state index contributed by atoms with van der Waals surface area (Å²) in [6.45, 7) is 4.68. The second-order valence-corrected chi connectivity index (χ2v) is 4.78. The van der Waals surface area contributed by atoms with Crippen LogP contribution >= 0.6 is 0 Å². The Morgan fingerprint density at radius 1 is 1.38 bits per heavy atom. The first-order valence-electron chi connectivity index (χ1n) is 6.84. The van der Waals surface area contributed by atoms with E-state index in [1.165, 1.54) is 4.90 Å². The zero-order valence-electron chi connectivity index (χ0n) is 12.6. The van der Waals surface area contributed by atoms with Crippen LogP contribution in [0.15, 0.2) is 12.3 Å². The van der Waals surface area contributed by atoms with Crippen molar-refractivity contribution < 1.29 is 17.9 Å². The fourth-order valence-corrected chi connectivity index (χ4v) is 2.01. The van der Waals surface area contributed by atoms with Crippen molar-refractivity contribution in [2.24, 2.45) is 0 Å². The second-order valence-electron chi connectivity index (χ2n) is 4.78. The van der Waals surface area contributed by atoms with E-state index in [9.17, 15) is 13.2 Å². The molecule has 0 radical (unpaired) electrons. The Hall–Kier alpha value is -1.34. The number of rotatable bonds is 8. The van der Waals surface area contributed by atoms with Crippen LogP contribution in [0.5, 0.6) is 0 Å². The van der Waals surface area contributed by atoms with Gasteiger partial charge in [-0.1, -0.05) is 0 Å². The highest BCUT2D eigenvalue weighted by molar-refractivity contribution is 5.47. The number of hydrogen-bond acceptors (Lipinski definition) is 4. The predicted molar refractivity (Wildman–Crippen MR) is 76.5 cm³/mol. The minimum Gasteiger partial charge on any atom is -0.383 e. The van der Waals surface area contributed by atoms with E-state index in [-0.39, 0.29) is 6.54 Å². The molecule has 0 aliphatic heterocycles. The van der Waals surface area contributed by atoms with Crippen LogP contribution in [-0.2, 0) is 11.3 Å². The van der Waals surface area contributed by atoms with Crippen molar-refractivity contribution in [2.45, 2.75) is 26.6 Å². The van der Waals surface area contributed by atoms with E-state index in [0.29, 0.717) is 25.5 Å². The maximum absolute atomic E-state index is 12.5. The summed E-state index contributed by atoms with van der Waals surface area (Å²) < 4.78 is 42.5. The van der Waals surface area contributed by atoms with Gasteiger partial charge in [0.05, 0.1) is 6.61 Å². The molecule has 1 rings (SSSR count). The van der Waals surface area contributed by atoms with E-state index in [1.54, 1.807) is 27.2 Å². The summed E-state index contributed by atoms with van der Waals surface area (Å²) in [5, 5.41) is 3.17. The number of alkyl halides is 3. The summed E-state index contributed by atoms with van der Waals surface area (Å²) in [6.07, 6.45) is -2.62. The van der Waals surface area contributed by atoms with Crippen LogP contribution in [-0.4, -0.2) is 44.5 Å². The number of hydrogen-bond donors (Lipinski definition) is 1. The third-order valence-electron chi connectivity index (χ3n) is 2.97. The standard InChI is InChI=1S/C14H22F3N3O/c1-4-20(10-14(15,16)17)13-11(2)7-12(9-19-13)8-18-5-6-21-3/h7,9,18H,4-6,8,10H2,1-3H3. The number of nitrogens with zero attached hydrogens (tertiary/aromatic N) is 2. The lowest BCUT2D eigenvalue weighted by molar-refractivity contribution is -0.119. The quantitative estimate of drug-likeness (QED) is 0.749. The minimum atomic E-state index is -4.23. The molecule has 0 atom stereocenters. The predicted octanol–water partition coefficient (Wildman–Crippen LogP) is 2.51. The highest BCUT2D eigenvalue weighted by atomic mass is 19.4. The first-order chi connectivity index (χ1) is 9.87. The summed E-state index contributed by atoms with van der Waals surface area (Å²) in [5.41, 5.74) is 1.68. The summed E-state index contributed by atoms with van der Waals surface area (Å²) >= 11 is 0. The van der Waals surface area contributed by atoms with Crippen LogP contribution in [0.25, 0.3) is 0 Å². The van der Waals surface area contributed by atoms with Crippen LogP contribution in [0.3, 0.4) is 0 Å². The van der Waals surface area contributed by atoms with Gasteiger partial charge in [-0.15, -0.1) is 0 Å². The van der Waals surface area contributed by atoms with Crippen LogP contribution in [0.2, 0.25) is 0 Å². The molecule has 0 saturated carbocycles. The maximum atomic E-state index is 12.5. The Labute approximate surface area is 123 Å². The van der Waals surface area contributed by atoms with Gasteiger partial charge in [0.25, 0.3) is 0 Å². The summed E-state index contributed by atoms with van der Waals surface area (Å²) in [7, 11) is 1.63.